The van der Waals surface area contributed by atoms with Crippen LogP contribution in [0, 0.1) is 19.8 Å². The molecule has 1 amide bonds. The van der Waals surface area contributed by atoms with Crippen LogP contribution in [0.4, 0.5) is 0 Å². The Bertz CT molecular complexity index is 1090. The van der Waals surface area contributed by atoms with Gasteiger partial charge >= 0.3 is 5.97 Å². The minimum atomic E-state index is -3.92. The SMILES string of the molecule is CCOC(=O)c1c(S(=O)(=O)N2CCC(C(=O)NCc3cccnc3)CC2)c(C)n(C)c1C. The van der Waals surface area contributed by atoms with Crippen molar-refractivity contribution in [1.29, 1.82) is 0 Å². The predicted molar refractivity (Wildman–Crippen MR) is 118 cm³/mol. The first-order valence-electron chi connectivity index (χ1n) is 10.7. The van der Waals surface area contributed by atoms with Crippen LogP contribution in [0.1, 0.15) is 47.1 Å². The van der Waals surface area contributed by atoms with Crippen LogP contribution in [-0.2, 0) is 33.1 Å². The van der Waals surface area contributed by atoms with Gasteiger partial charge in [-0.05, 0) is 45.2 Å². The summed E-state index contributed by atoms with van der Waals surface area (Å²) in [6.07, 6.45) is 4.20. The first kappa shape index (κ1) is 23.9. The van der Waals surface area contributed by atoms with Crippen LogP contribution >= 0.6 is 0 Å². The Labute approximate surface area is 188 Å². The number of piperidine rings is 1. The molecule has 0 aromatic carbocycles. The van der Waals surface area contributed by atoms with Gasteiger partial charge in [-0.15, -0.1) is 0 Å². The maximum atomic E-state index is 13.5. The fraction of sp³-hybridized carbons (Fsp3) is 0.500. The van der Waals surface area contributed by atoms with E-state index in [0.29, 0.717) is 30.8 Å². The number of rotatable bonds is 7. The maximum absolute atomic E-state index is 13.5. The third kappa shape index (κ3) is 4.71. The Kier molecular flexibility index (Phi) is 7.35. The normalized spacial score (nSPS) is 15.5. The highest BCUT2D eigenvalue weighted by molar-refractivity contribution is 7.89. The Morgan fingerprint density at radius 1 is 1.22 bits per heavy atom. The predicted octanol–water partition coefficient (Wildman–Crippen LogP) is 1.93. The van der Waals surface area contributed by atoms with Crippen LogP contribution in [0.3, 0.4) is 0 Å². The molecule has 0 atom stereocenters. The van der Waals surface area contributed by atoms with Crippen LogP contribution < -0.4 is 5.32 Å². The lowest BCUT2D eigenvalue weighted by atomic mass is 9.97. The summed E-state index contributed by atoms with van der Waals surface area (Å²) in [6, 6.07) is 3.69. The van der Waals surface area contributed by atoms with E-state index in [0.717, 1.165) is 5.56 Å². The zero-order valence-corrected chi connectivity index (χ0v) is 19.7. The molecule has 1 fully saturated rings. The number of ether oxygens (including phenoxy) is 1. The van der Waals surface area contributed by atoms with Gasteiger partial charge in [-0.1, -0.05) is 6.07 Å². The van der Waals surface area contributed by atoms with E-state index in [2.05, 4.69) is 10.3 Å². The van der Waals surface area contributed by atoms with Gasteiger partial charge < -0.3 is 14.6 Å². The molecule has 2 aromatic heterocycles. The standard InChI is InChI=1S/C22H30N4O5S/c1-5-31-22(28)19-15(2)25(4)16(3)20(19)32(29,30)26-11-8-18(9-12-26)21(27)24-14-17-7-6-10-23-13-17/h6-7,10,13,18H,5,8-9,11-12,14H2,1-4H3,(H,24,27). The number of hydrogen-bond acceptors (Lipinski definition) is 6. The van der Waals surface area contributed by atoms with Gasteiger partial charge in [0.25, 0.3) is 0 Å². The highest BCUT2D eigenvalue weighted by Crippen LogP contribution is 2.32. The highest BCUT2D eigenvalue weighted by Gasteiger charge is 2.38. The van der Waals surface area contributed by atoms with E-state index in [1.807, 2.05) is 12.1 Å². The van der Waals surface area contributed by atoms with E-state index >= 15 is 0 Å². The van der Waals surface area contributed by atoms with Gasteiger partial charge in [-0.25, -0.2) is 13.2 Å². The number of esters is 1. The van der Waals surface area contributed by atoms with E-state index in [-0.39, 0.29) is 42.0 Å². The van der Waals surface area contributed by atoms with Crippen LogP contribution in [0.15, 0.2) is 29.4 Å². The number of nitrogens with one attached hydrogen (secondary N) is 1. The molecule has 0 spiro atoms. The molecule has 9 nitrogen and oxygen atoms in total. The minimum Gasteiger partial charge on any atom is -0.462 e. The molecule has 10 heteroatoms. The summed E-state index contributed by atoms with van der Waals surface area (Å²) in [4.78, 5) is 29.1. The molecular weight excluding hydrogens is 432 g/mol. The largest absolute Gasteiger partial charge is 0.462 e. The lowest BCUT2D eigenvalue weighted by Crippen LogP contribution is -2.43. The molecule has 0 radical (unpaired) electrons. The summed E-state index contributed by atoms with van der Waals surface area (Å²) in [7, 11) is -2.19. The van der Waals surface area contributed by atoms with Crippen LogP contribution in [0.25, 0.3) is 0 Å². The van der Waals surface area contributed by atoms with Crippen molar-refractivity contribution >= 4 is 21.9 Å². The Hall–Kier alpha value is -2.72. The van der Waals surface area contributed by atoms with Gasteiger partial charge in [-0.2, -0.15) is 4.31 Å². The third-order valence-corrected chi connectivity index (χ3v) is 8.08. The van der Waals surface area contributed by atoms with Crippen molar-refractivity contribution in [2.75, 3.05) is 19.7 Å². The molecule has 2 aromatic rings. The zero-order chi connectivity index (χ0) is 23.5. The number of amides is 1. The molecule has 1 N–H and O–H groups in total. The minimum absolute atomic E-state index is 0.00423. The molecule has 3 rings (SSSR count). The van der Waals surface area contributed by atoms with Crippen molar-refractivity contribution < 1.29 is 22.7 Å². The first-order valence-corrected chi connectivity index (χ1v) is 12.1. The lowest BCUT2D eigenvalue weighted by Gasteiger charge is -2.30. The van der Waals surface area contributed by atoms with E-state index in [9.17, 15) is 18.0 Å². The molecule has 32 heavy (non-hydrogen) atoms. The second-order valence-electron chi connectivity index (χ2n) is 7.91. The Morgan fingerprint density at radius 2 is 1.91 bits per heavy atom. The second kappa shape index (κ2) is 9.83. The molecule has 1 aliphatic rings. The zero-order valence-electron chi connectivity index (χ0n) is 18.9. The van der Waals surface area contributed by atoms with Crippen LogP contribution in [0.5, 0.6) is 0 Å². The van der Waals surface area contributed by atoms with Crippen molar-refractivity contribution in [3.8, 4) is 0 Å². The van der Waals surface area contributed by atoms with E-state index in [4.69, 9.17) is 4.74 Å². The average molecular weight is 463 g/mol. The highest BCUT2D eigenvalue weighted by atomic mass is 32.2. The number of nitrogens with zero attached hydrogens (tertiary/aromatic N) is 3. The quantitative estimate of drug-likeness (QED) is 0.630. The molecule has 0 aliphatic carbocycles. The van der Waals surface area contributed by atoms with Gasteiger partial charge in [-0.3, -0.25) is 9.78 Å². The van der Waals surface area contributed by atoms with Crippen LogP contribution in [-0.4, -0.2) is 53.8 Å². The molecule has 174 valence electrons. The maximum Gasteiger partial charge on any atom is 0.341 e. The number of sulfonamides is 1. The molecule has 1 saturated heterocycles. The Balaban J connectivity index is 1.72. The summed E-state index contributed by atoms with van der Waals surface area (Å²) in [6.45, 7) is 6.04. The summed E-state index contributed by atoms with van der Waals surface area (Å²) < 4.78 is 35.2. The third-order valence-electron chi connectivity index (χ3n) is 6.02. The van der Waals surface area contributed by atoms with Crippen molar-refractivity contribution in [1.82, 2.24) is 19.2 Å². The number of carbonyl (C=O) groups excluding carboxylic acids is 2. The van der Waals surface area contributed by atoms with Crippen molar-refractivity contribution in [3.63, 3.8) is 0 Å². The summed E-state index contributed by atoms with van der Waals surface area (Å²) in [5.41, 5.74) is 2.02. The fourth-order valence-corrected chi connectivity index (χ4v) is 5.95. The lowest BCUT2D eigenvalue weighted by molar-refractivity contribution is -0.126. The second-order valence-corrected chi connectivity index (χ2v) is 9.79. The number of pyridine rings is 1. The van der Waals surface area contributed by atoms with Gasteiger partial charge in [0.2, 0.25) is 15.9 Å². The van der Waals surface area contributed by atoms with E-state index in [1.54, 1.807) is 44.8 Å². The topological polar surface area (TPSA) is 111 Å². The van der Waals surface area contributed by atoms with E-state index in [1.165, 1.54) is 4.31 Å². The summed E-state index contributed by atoms with van der Waals surface area (Å²) >= 11 is 0. The monoisotopic (exact) mass is 462 g/mol. The fourth-order valence-electron chi connectivity index (χ4n) is 4.00. The number of carbonyl (C=O) groups is 2. The molecular formula is C22H30N4O5S. The van der Waals surface area contributed by atoms with Gasteiger partial charge in [0, 0.05) is 56.4 Å². The van der Waals surface area contributed by atoms with Crippen LogP contribution in [0.2, 0.25) is 0 Å². The van der Waals surface area contributed by atoms with Gasteiger partial charge in [0.15, 0.2) is 0 Å². The summed E-state index contributed by atoms with van der Waals surface area (Å²) in [5, 5.41) is 2.90. The molecule has 0 saturated carbocycles. The molecule has 3 heterocycles. The molecule has 0 unspecified atom stereocenters. The van der Waals surface area contributed by atoms with Crippen molar-refractivity contribution in [2.45, 2.75) is 45.1 Å². The first-order chi connectivity index (χ1) is 15.2. The average Bonchev–Trinajstić information content (AvgIpc) is 3.03. The summed E-state index contributed by atoms with van der Waals surface area (Å²) in [5.74, 6) is -0.997. The van der Waals surface area contributed by atoms with E-state index < -0.39 is 16.0 Å². The van der Waals surface area contributed by atoms with Gasteiger partial charge in [0.05, 0.1) is 6.61 Å². The van der Waals surface area contributed by atoms with Crippen molar-refractivity contribution in [3.05, 3.63) is 47.0 Å². The van der Waals surface area contributed by atoms with Gasteiger partial charge in [0.1, 0.15) is 10.5 Å². The number of hydrogen-bond donors (Lipinski definition) is 1. The number of aromatic nitrogens is 2. The molecule has 0 bridgehead atoms. The smallest absolute Gasteiger partial charge is 0.341 e. The molecule has 1 aliphatic heterocycles. The Morgan fingerprint density at radius 3 is 2.50 bits per heavy atom. The van der Waals surface area contributed by atoms with Crippen molar-refractivity contribution in [2.24, 2.45) is 13.0 Å².